The number of rotatable bonds is 3. The third kappa shape index (κ3) is 3.42. The van der Waals surface area contributed by atoms with E-state index in [-0.39, 0.29) is 18.9 Å². The van der Waals surface area contributed by atoms with Gasteiger partial charge in [-0.2, -0.15) is 0 Å². The molecule has 0 aromatic rings. The SMILES string of the molecule is N[C@H]1CC[C@@H](COP(O)O)O1. The lowest BCUT2D eigenvalue weighted by atomic mass is 10.2. The quantitative estimate of drug-likeness (QED) is 0.519. The van der Waals surface area contributed by atoms with Gasteiger partial charge in [-0.05, 0) is 12.8 Å². The minimum atomic E-state index is -2.25. The number of hydrogen-bond donors (Lipinski definition) is 3. The first kappa shape index (κ1) is 9.32. The molecule has 1 rings (SSSR count). The fraction of sp³-hybridized carbons (Fsp3) is 1.00. The molecule has 6 heteroatoms. The minimum absolute atomic E-state index is 0.0747. The van der Waals surface area contributed by atoms with E-state index in [0.29, 0.717) is 0 Å². The molecule has 0 saturated carbocycles. The van der Waals surface area contributed by atoms with E-state index in [4.69, 9.17) is 20.3 Å². The average molecular weight is 181 g/mol. The lowest BCUT2D eigenvalue weighted by molar-refractivity contribution is 0.0183. The number of hydrogen-bond acceptors (Lipinski definition) is 5. The molecule has 0 radical (unpaired) electrons. The predicted octanol–water partition coefficient (Wildman–Crippen LogP) is -0.322. The first-order valence-electron chi connectivity index (χ1n) is 3.40. The maximum absolute atomic E-state index is 8.39. The highest BCUT2D eigenvalue weighted by Crippen LogP contribution is 2.27. The van der Waals surface area contributed by atoms with E-state index in [0.717, 1.165) is 12.8 Å². The van der Waals surface area contributed by atoms with Gasteiger partial charge in [0.1, 0.15) is 6.23 Å². The van der Waals surface area contributed by atoms with Gasteiger partial charge in [-0.15, -0.1) is 0 Å². The molecule has 0 bridgehead atoms. The van der Waals surface area contributed by atoms with Crippen molar-refractivity contribution < 1.29 is 19.0 Å². The van der Waals surface area contributed by atoms with Crippen LogP contribution in [0.5, 0.6) is 0 Å². The van der Waals surface area contributed by atoms with E-state index < -0.39 is 8.60 Å². The highest BCUT2D eigenvalue weighted by molar-refractivity contribution is 7.39. The van der Waals surface area contributed by atoms with Crippen LogP contribution in [0.1, 0.15) is 12.8 Å². The first-order chi connectivity index (χ1) is 5.18. The van der Waals surface area contributed by atoms with Gasteiger partial charge in [-0.25, -0.2) is 0 Å². The lowest BCUT2D eigenvalue weighted by Crippen LogP contribution is -2.21. The largest absolute Gasteiger partial charge is 0.358 e. The predicted molar refractivity (Wildman–Crippen MR) is 39.4 cm³/mol. The van der Waals surface area contributed by atoms with Crippen LogP contribution in [0, 0.1) is 0 Å². The molecule has 1 heterocycles. The van der Waals surface area contributed by atoms with Crippen LogP contribution in [0.2, 0.25) is 0 Å². The summed E-state index contributed by atoms with van der Waals surface area (Å²) in [6.07, 6.45) is 1.34. The smallest absolute Gasteiger partial charge is 0.327 e. The van der Waals surface area contributed by atoms with Crippen LogP contribution >= 0.6 is 8.60 Å². The number of nitrogens with two attached hydrogens (primary N) is 1. The molecule has 1 aliphatic heterocycles. The standard InChI is InChI=1S/C5H12NO4P/c6-5-2-1-4(10-5)3-9-11(7)8/h4-5,7-8H,1-3,6H2/t4-,5+/m0/s1. The Labute approximate surface area is 66.1 Å². The summed E-state index contributed by atoms with van der Waals surface area (Å²) in [5.74, 6) is 0. The third-order valence-corrected chi connectivity index (χ3v) is 1.90. The summed E-state index contributed by atoms with van der Waals surface area (Å²) in [5.41, 5.74) is 5.43. The Kier molecular flexibility index (Phi) is 3.65. The van der Waals surface area contributed by atoms with Crippen LogP contribution in [-0.2, 0) is 9.26 Å². The Bertz CT molecular complexity index is 123. The molecule has 0 unspecified atom stereocenters. The van der Waals surface area contributed by atoms with Crippen molar-refractivity contribution >= 4 is 8.60 Å². The van der Waals surface area contributed by atoms with Crippen LogP contribution in [0.4, 0.5) is 0 Å². The average Bonchev–Trinajstić information content (AvgIpc) is 2.31. The van der Waals surface area contributed by atoms with Gasteiger partial charge in [0, 0.05) is 0 Å². The molecular formula is C5H12NO4P. The second-order valence-corrected chi connectivity index (χ2v) is 3.19. The fourth-order valence-corrected chi connectivity index (χ4v) is 1.31. The van der Waals surface area contributed by atoms with E-state index in [2.05, 4.69) is 4.52 Å². The molecule has 11 heavy (non-hydrogen) atoms. The van der Waals surface area contributed by atoms with Gasteiger partial charge in [0.2, 0.25) is 0 Å². The molecule has 0 aromatic heterocycles. The Balaban J connectivity index is 2.08. The maximum atomic E-state index is 8.39. The highest BCUT2D eigenvalue weighted by Gasteiger charge is 2.22. The molecule has 2 atom stereocenters. The van der Waals surface area contributed by atoms with E-state index in [9.17, 15) is 0 Å². The van der Waals surface area contributed by atoms with Crippen molar-refractivity contribution in [3.63, 3.8) is 0 Å². The Morgan fingerprint density at radius 2 is 2.27 bits per heavy atom. The zero-order chi connectivity index (χ0) is 8.27. The highest BCUT2D eigenvalue weighted by atomic mass is 31.2. The molecule has 5 nitrogen and oxygen atoms in total. The maximum Gasteiger partial charge on any atom is 0.327 e. The monoisotopic (exact) mass is 181 g/mol. The summed E-state index contributed by atoms with van der Waals surface area (Å²) >= 11 is 0. The Morgan fingerprint density at radius 3 is 2.73 bits per heavy atom. The van der Waals surface area contributed by atoms with E-state index in [1.807, 2.05) is 0 Å². The van der Waals surface area contributed by atoms with E-state index in [1.165, 1.54) is 0 Å². The first-order valence-corrected chi connectivity index (χ1v) is 4.57. The molecule has 0 aromatic carbocycles. The summed E-state index contributed by atoms with van der Waals surface area (Å²) in [7, 11) is -2.25. The van der Waals surface area contributed by atoms with Gasteiger partial charge in [0.25, 0.3) is 0 Å². The van der Waals surface area contributed by atoms with Gasteiger partial charge in [0.05, 0.1) is 12.7 Å². The Hall–Kier alpha value is 0.230. The summed E-state index contributed by atoms with van der Waals surface area (Å²) in [4.78, 5) is 16.8. The van der Waals surface area contributed by atoms with Gasteiger partial charge < -0.3 is 24.8 Å². The Morgan fingerprint density at radius 1 is 1.55 bits per heavy atom. The minimum Gasteiger partial charge on any atom is -0.358 e. The topological polar surface area (TPSA) is 84.9 Å². The van der Waals surface area contributed by atoms with E-state index >= 15 is 0 Å². The molecule has 0 spiro atoms. The third-order valence-electron chi connectivity index (χ3n) is 1.52. The fourth-order valence-electron chi connectivity index (χ4n) is 1.01. The van der Waals surface area contributed by atoms with Crippen molar-refractivity contribution in [2.45, 2.75) is 25.2 Å². The van der Waals surface area contributed by atoms with Crippen molar-refractivity contribution in [3.05, 3.63) is 0 Å². The normalized spacial score (nSPS) is 31.6. The summed E-state index contributed by atoms with van der Waals surface area (Å²) in [6, 6.07) is 0. The molecule has 4 N–H and O–H groups in total. The number of ether oxygens (including phenoxy) is 1. The molecule has 1 fully saturated rings. The van der Waals surface area contributed by atoms with Crippen molar-refractivity contribution in [1.82, 2.24) is 0 Å². The van der Waals surface area contributed by atoms with Gasteiger partial charge in [-0.1, -0.05) is 0 Å². The second kappa shape index (κ2) is 4.30. The van der Waals surface area contributed by atoms with Crippen LogP contribution in [0.3, 0.4) is 0 Å². The summed E-state index contributed by atoms with van der Waals surface area (Å²) in [5, 5.41) is 0. The van der Waals surface area contributed by atoms with Crippen LogP contribution in [0.15, 0.2) is 0 Å². The summed E-state index contributed by atoms with van der Waals surface area (Å²) < 4.78 is 9.72. The van der Waals surface area contributed by atoms with Gasteiger partial charge in [0.15, 0.2) is 0 Å². The van der Waals surface area contributed by atoms with Crippen molar-refractivity contribution in [1.29, 1.82) is 0 Å². The molecule has 0 aliphatic carbocycles. The van der Waals surface area contributed by atoms with Crippen LogP contribution in [0.25, 0.3) is 0 Å². The lowest BCUT2D eigenvalue weighted by Gasteiger charge is -2.10. The second-order valence-electron chi connectivity index (χ2n) is 2.42. The molecule has 1 aliphatic rings. The van der Waals surface area contributed by atoms with Gasteiger partial charge >= 0.3 is 8.60 Å². The zero-order valence-corrected chi connectivity index (χ0v) is 6.91. The molecular weight excluding hydrogens is 169 g/mol. The van der Waals surface area contributed by atoms with Crippen LogP contribution < -0.4 is 5.73 Å². The summed E-state index contributed by atoms with van der Waals surface area (Å²) in [6.45, 7) is 0.215. The van der Waals surface area contributed by atoms with Crippen molar-refractivity contribution in [2.24, 2.45) is 5.73 Å². The van der Waals surface area contributed by atoms with Crippen LogP contribution in [-0.4, -0.2) is 28.7 Å². The zero-order valence-electron chi connectivity index (χ0n) is 6.01. The van der Waals surface area contributed by atoms with Crippen molar-refractivity contribution in [2.75, 3.05) is 6.61 Å². The molecule has 1 saturated heterocycles. The molecule has 66 valence electrons. The van der Waals surface area contributed by atoms with Gasteiger partial charge in [-0.3, -0.25) is 0 Å². The molecule has 0 amide bonds. The van der Waals surface area contributed by atoms with E-state index in [1.54, 1.807) is 0 Å². The van der Waals surface area contributed by atoms with Crippen molar-refractivity contribution in [3.8, 4) is 0 Å².